The van der Waals surface area contributed by atoms with Crippen molar-refractivity contribution in [1.29, 1.82) is 0 Å². The summed E-state index contributed by atoms with van der Waals surface area (Å²) in [7, 11) is 0. The highest BCUT2D eigenvalue weighted by atomic mass is 79.9. The predicted molar refractivity (Wildman–Crippen MR) is 91.7 cm³/mol. The first-order chi connectivity index (χ1) is 10.4. The number of carbonyl (C=O) groups excluding carboxylic acids is 1. The highest BCUT2D eigenvalue weighted by molar-refractivity contribution is 9.12. The van der Waals surface area contributed by atoms with E-state index in [0.717, 1.165) is 5.56 Å². The van der Waals surface area contributed by atoms with Crippen LogP contribution >= 0.6 is 15.9 Å². The van der Waals surface area contributed by atoms with Gasteiger partial charge in [0.05, 0.1) is 11.0 Å². The van der Waals surface area contributed by atoms with Crippen LogP contribution in [0.25, 0.3) is 0 Å². The Morgan fingerprint density at radius 1 is 1.32 bits per heavy atom. The van der Waals surface area contributed by atoms with Crippen LogP contribution < -0.4 is 11.5 Å². The Balaban J connectivity index is 2.52. The Labute approximate surface area is 137 Å². The van der Waals surface area contributed by atoms with Crippen molar-refractivity contribution in [3.05, 3.63) is 70.1 Å². The van der Waals surface area contributed by atoms with Crippen molar-refractivity contribution in [2.45, 2.75) is 13.5 Å². The van der Waals surface area contributed by atoms with E-state index in [2.05, 4.69) is 27.5 Å². The van der Waals surface area contributed by atoms with Gasteiger partial charge in [-0.05, 0) is 34.5 Å². The number of aliphatic imine (C=N–C) groups is 1. The van der Waals surface area contributed by atoms with Gasteiger partial charge in [0.25, 0.3) is 5.91 Å². The molecular weight excluding hydrogens is 344 g/mol. The first-order valence-corrected chi connectivity index (χ1v) is 7.42. The number of hydrogen-bond donors (Lipinski definition) is 2. The van der Waals surface area contributed by atoms with Gasteiger partial charge in [-0.1, -0.05) is 36.9 Å². The van der Waals surface area contributed by atoms with Gasteiger partial charge in [0, 0.05) is 11.3 Å². The van der Waals surface area contributed by atoms with E-state index in [1.54, 1.807) is 13.0 Å². The molecule has 0 bridgehead atoms. The normalized spacial score (nSPS) is 19.2. The van der Waals surface area contributed by atoms with Crippen molar-refractivity contribution < 1.29 is 4.79 Å². The van der Waals surface area contributed by atoms with Crippen molar-refractivity contribution in [2.24, 2.45) is 16.5 Å². The summed E-state index contributed by atoms with van der Waals surface area (Å²) in [6.07, 6.45) is 1.65. The molecule has 0 fully saturated rings. The summed E-state index contributed by atoms with van der Waals surface area (Å²) in [6.45, 7) is 5.70. The number of hydrogen-bond acceptors (Lipinski definition) is 4. The van der Waals surface area contributed by atoms with Crippen LogP contribution in [0.3, 0.4) is 0 Å². The highest BCUT2D eigenvalue weighted by Crippen LogP contribution is 2.26. The zero-order chi connectivity index (χ0) is 16.3. The molecule has 1 aliphatic rings. The molecular formula is C16H17BrN4O. The molecule has 22 heavy (non-hydrogen) atoms. The second-order valence-corrected chi connectivity index (χ2v) is 5.75. The van der Waals surface area contributed by atoms with Crippen molar-refractivity contribution in [1.82, 2.24) is 4.90 Å². The van der Waals surface area contributed by atoms with Gasteiger partial charge >= 0.3 is 0 Å². The van der Waals surface area contributed by atoms with E-state index in [0.29, 0.717) is 28.1 Å². The van der Waals surface area contributed by atoms with Gasteiger partial charge in [0.2, 0.25) is 0 Å². The van der Waals surface area contributed by atoms with Crippen LogP contribution in [-0.2, 0) is 11.3 Å². The molecule has 1 aliphatic heterocycles. The molecule has 4 N–H and O–H groups in total. The maximum atomic E-state index is 12.5. The molecule has 1 aromatic carbocycles. The molecule has 0 saturated carbocycles. The third-order valence-corrected chi connectivity index (χ3v) is 3.64. The molecule has 0 aliphatic carbocycles. The zero-order valence-corrected chi connectivity index (χ0v) is 13.8. The number of allylic oxidation sites excluding steroid dienone is 1. The van der Waals surface area contributed by atoms with E-state index >= 15 is 0 Å². The topological polar surface area (TPSA) is 84.7 Å². The van der Waals surface area contributed by atoms with Crippen molar-refractivity contribution >= 4 is 27.7 Å². The standard InChI is InChI=1S/C16H17BrN4O/c1-10(18)13-8-14(17)16(22)21(15(13)20-11(2)19)9-12-6-4-3-5-7-12/h3-8H,2,9,18-19H2,1H3/b13-10-,20-15+. The van der Waals surface area contributed by atoms with Gasteiger partial charge in [0.15, 0.2) is 0 Å². The molecule has 1 aromatic rings. The first kappa shape index (κ1) is 16.0. The third-order valence-electron chi connectivity index (χ3n) is 3.07. The smallest absolute Gasteiger partial charge is 0.266 e. The van der Waals surface area contributed by atoms with Crippen LogP contribution in [-0.4, -0.2) is 16.6 Å². The summed E-state index contributed by atoms with van der Waals surface area (Å²) in [5.41, 5.74) is 13.7. The van der Waals surface area contributed by atoms with E-state index < -0.39 is 0 Å². The molecule has 0 radical (unpaired) electrons. The molecule has 5 nitrogen and oxygen atoms in total. The van der Waals surface area contributed by atoms with Crippen molar-refractivity contribution in [3.8, 4) is 0 Å². The summed E-state index contributed by atoms with van der Waals surface area (Å²) >= 11 is 3.28. The van der Waals surface area contributed by atoms with E-state index in [9.17, 15) is 4.79 Å². The van der Waals surface area contributed by atoms with E-state index in [-0.39, 0.29) is 11.7 Å². The Hall–Kier alpha value is -2.34. The van der Waals surface area contributed by atoms with Crippen LogP contribution in [0.2, 0.25) is 0 Å². The average molecular weight is 361 g/mol. The number of rotatable bonds is 3. The largest absolute Gasteiger partial charge is 0.402 e. The SMILES string of the molecule is C=C(N)/N=C1\C(=C(\C)N)C=C(Br)C(=O)N1Cc1ccccc1. The van der Waals surface area contributed by atoms with Crippen LogP contribution in [0.15, 0.2) is 69.6 Å². The Morgan fingerprint density at radius 2 is 1.95 bits per heavy atom. The maximum absolute atomic E-state index is 12.5. The van der Waals surface area contributed by atoms with Gasteiger partial charge in [-0.25, -0.2) is 4.99 Å². The maximum Gasteiger partial charge on any atom is 0.266 e. The predicted octanol–water partition coefficient (Wildman–Crippen LogP) is 2.37. The summed E-state index contributed by atoms with van der Waals surface area (Å²) in [6, 6.07) is 9.63. The fourth-order valence-electron chi connectivity index (χ4n) is 2.08. The minimum Gasteiger partial charge on any atom is -0.402 e. The number of carbonyl (C=O) groups is 1. The van der Waals surface area contributed by atoms with Gasteiger partial charge < -0.3 is 11.5 Å². The molecule has 6 heteroatoms. The average Bonchev–Trinajstić information content (AvgIpc) is 2.47. The Kier molecular flexibility index (Phi) is 4.82. The number of nitrogens with zero attached hydrogens (tertiary/aromatic N) is 2. The van der Waals surface area contributed by atoms with Gasteiger partial charge in [-0.3, -0.25) is 9.69 Å². The van der Waals surface area contributed by atoms with E-state index in [1.165, 1.54) is 4.90 Å². The highest BCUT2D eigenvalue weighted by Gasteiger charge is 2.30. The van der Waals surface area contributed by atoms with Crippen LogP contribution in [0.4, 0.5) is 0 Å². The number of amidine groups is 1. The van der Waals surface area contributed by atoms with Crippen molar-refractivity contribution in [2.75, 3.05) is 0 Å². The minimum absolute atomic E-state index is 0.117. The van der Waals surface area contributed by atoms with Crippen molar-refractivity contribution in [3.63, 3.8) is 0 Å². The lowest BCUT2D eigenvalue weighted by Crippen LogP contribution is -2.41. The summed E-state index contributed by atoms with van der Waals surface area (Å²) in [5.74, 6) is 0.324. The van der Waals surface area contributed by atoms with Crippen LogP contribution in [0, 0.1) is 0 Å². The van der Waals surface area contributed by atoms with Gasteiger partial charge in [0.1, 0.15) is 11.7 Å². The molecule has 0 aromatic heterocycles. The number of benzene rings is 1. The fourth-order valence-corrected chi connectivity index (χ4v) is 2.53. The molecule has 0 saturated heterocycles. The van der Waals surface area contributed by atoms with E-state index in [1.807, 2.05) is 30.3 Å². The fraction of sp³-hybridized carbons (Fsp3) is 0.125. The van der Waals surface area contributed by atoms with Crippen LogP contribution in [0.1, 0.15) is 12.5 Å². The molecule has 0 unspecified atom stereocenters. The minimum atomic E-state index is -0.200. The second kappa shape index (κ2) is 6.62. The Bertz CT molecular complexity index is 700. The zero-order valence-electron chi connectivity index (χ0n) is 12.2. The number of amides is 1. The lowest BCUT2D eigenvalue weighted by Gasteiger charge is -2.29. The lowest BCUT2D eigenvalue weighted by molar-refractivity contribution is -0.123. The summed E-state index contributed by atoms with van der Waals surface area (Å²) in [5, 5.41) is 0. The number of nitrogens with two attached hydrogens (primary N) is 2. The Morgan fingerprint density at radius 3 is 2.50 bits per heavy atom. The van der Waals surface area contributed by atoms with Gasteiger partial charge in [-0.2, -0.15) is 0 Å². The first-order valence-electron chi connectivity index (χ1n) is 6.63. The summed E-state index contributed by atoms with van der Waals surface area (Å²) in [4.78, 5) is 18.2. The molecule has 0 spiro atoms. The number of halogens is 1. The molecule has 1 heterocycles. The monoisotopic (exact) mass is 360 g/mol. The molecule has 114 valence electrons. The van der Waals surface area contributed by atoms with Crippen LogP contribution in [0.5, 0.6) is 0 Å². The summed E-state index contributed by atoms with van der Waals surface area (Å²) < 4.78 is 0.421. The quantitative estimate of drug-likeness (QED) is 0.867. The third kappa shape index (κ3) is 3.46. The van der Waals surface area contributed by atoms with E-state index in [4.69, 9.17) is 11.5 Å². The molecule has 2 rings (SSSR count). The lowest BCUT2D eigenvalue weighted by atomic mass is 10.1. The molecule has 0 atom stereocenters. The van der Waals surface area contributed by atoms with Gasteiger partial charge in [-0.15, -0.1) is 0 Å². The second-order valence-electron chi connectivity index (χ2n) is 4.89. The molecule has 1 amide bonds.